The van der Waals surface area contributed by atoms with E-state index in [0.29, 0.717) is 5.69 Å². The lowest BCUT2D eigenvalue weighted by Crippen LogP contribution is -2.14. The van der Waals surface area contributed by atoms with Crippen LogP contribution in [0.15, 0.2) is 23.1 Å². The molecule has 2 aromatic rings. The highest BCUT2D eigenvalue weighted by atomic mass is 16.5. The zero-order valence-corrected chi connectivity index (χ0v) is 10.0. The number of nitrogens with one attached hydrogen (secondary N) is 1. The lowest BCUT2D eigenvalue weighted by atomic mass is 10.4. The second kappa shape index (κ2) is 4.82. The number of aryl methyl sites for hydroxylation is 1. The number of carbonyl (C=O) groups excluding carboxylic acids is 1. The number of nitrogens with zero attached hydrogens (tertiary/aromatic N) is 3. The van der Waals surface area contributed by atoms with Gasteiger partial charge in [0, 0.05) is 18.0 Å². The van der Waals surface area contributed by atoms with Crippen LogP contribution >= 0.6 is 0 Å². The fourth-order valence-electron chi connectivity index (χ4n) is 1.43. The monoisotopic (exact) mass is 248 g/mol. The van der Waals surface area contributed by atoms with E-state index in [2.05, 4.69) is 15.1 Å². The highest BCUT2D eigenvalue weighted by Gasteiger charge is 2.11. The molecule has 0 atom stereocenters. The maximum Gasteiger partial charge on any atom is 0.358 e. The first-order chi connectivity index (χ1) is 8.60. The minimum atomic E-state index is -0.508. The van der Waals surface area contributed by atoms with Gasteiger partial charge in [0.2, 0.25) is 5.95 Å². The smallest absolute Gasteiger partial charge is 0.358 e. The molecule has 0 spiro atoms. The van der Waals surface area contributed by atoms with E-state index < -0.39 is 5.97 Å². The van der Waals surface area contributed by atoms with E-state index in [1.807, 2.05) is 0 Å². The summed E-state index contributed by atoms with van der Waals surface area (Å²) in [5, 5.41) is 3.99. The molecule has 2 heterocycles. The first-order valence-corrected chi connectivity index (χ1v) is 5.41. The van der Waals surface area contributed by atoms with Crippen molar-refractivity contribution in [2.24, 2.45) is 0 Å². The number of carbonyl (C=O) groups is 1. The van der Waals surface area contributed by atoms with Crippen molar-refractivity contribution in [2.75, 3.05) is 6.61 Å². The van der Waals surface area contributed by atoms with Gasteiger partial charge >= 0.3 is 5.97 Å². The van der Waals surface area contributed by atoms with E-state index in [1.54, 1.807) is 13.8 Å². The van der Waals surface area contributed by atoms with Crippen LogP contribution in [0, 0.1) is 6.92 Å². The maximum atomic E-state index is 11.4. The molecule has 0 aliphatic heterocycles. The Kier molecular flexibility index (Phi) is 3.22. The van der Waals surface area contributed by atoms with Gasteiger partial charge in [0.15, 0.2) is 5.69 Å². The molecule has 0 amide bonds. The summed E-state index contributed by atoms with van der Waals surface area (Å²) in [6.45, 7) is 3.70. The molecule has 1 N–H and O–H groups in total. The van der Waals surface area contributed by atoms with Crippen LogP contribution in [0.4, 0.5) is 0 Å². The zero-order chi connectivity index (χ0) is 13.1. The largest absolute Gasteiger partial charge is 0.461 e. The van der Waals surface area contributed by atoms with Crippen molar-refractivity contribution in [3.05, 3.63) is 40.1 Å². The number of rotatable bonds is 3. The Labute approximate surface area is 102 Å². The van der Waals surface area contributed by atoms with Crippen LogP contribution in [0.2, 0.25) is 0 Å². The average Bonchev–Trinajstić information content (AvgIpc) is 2.77. The summed E-state index contributed by atoms with van der Waals surface area (Å²) >= 11 is 0. The molecule has 7 heteroatoms. The van der Waals surface area contributed by atoms with Gasteiger partial charge in [-0.1, -0.05) is 0 Å². The molecule has 0 aliphatic carbocycles. The highest BCUT2D eigenvalue weighted by Crippen LogP contribution is 2.03. The standard InChI is InChI=1S/C11H12N4O3/c1-3-18-10(17)8-4-5-15(14-8)11-12-7(2)6-9(16)13-11/h4-6H,3H2,1-2H3,(H,12,13,16). The molecule has 0 bridgehead atoms. The van der Waals surface area contributed by atoms with Crippen molar-refractivity contribution < 1.29 is 9.53 Å². The van der Waals surface area contributed by atoms with Crippen LogP contribution in [0.3, 0.4) is 0 Å². The normalized spacial score (nSPS) is 10.3. The number of H-pyrrole nitrogens is 1. The summed E-state index contributed by atoms with van der Waals surface area (Å²) in [6.07, 6.45) is 1.53. The van der Waals surface area contributed by atoms with Crippen molar-refractivity contribution in [3.8, 4) is 5.95 Å². The number of hydrogen-bond donors (Lipinski definition) is 1. The summed E-state index contributed by atoms with van der Waals surface area (Å²) in [5.41, 5.74) is 0.466. The molecule has 0 unspecified atom stereocenters. The SMILES string of the molecule is CCOC(=O)c1ccn(-c2nc(C)cc(=O)[nH]2)n1. The van der Waals surface area contributed by atoms with E-state index >= 15 is 0 Å². The minimum Gasteiger partial charge on any atom is -0.461 e. The second-order valence-electron chi connectivity index (χ2n) is 3.58. The Morgan fingerprint density at radius 1 is 1.56 bits per heavy atom. The Balaban J connectivity index is 2.34. The number of aromatic nitrogens is 4. The molecule has 7 nitrogen and oxygen atoms in total. The summed E-state index contributed by atoms with van der Waals surface area (Å²) in [5.74, 6) is -0.248. The Morgan fingerprint density at radius 2 is 2.33 bits per heavy atom. The van der Waals surface area contributed by atoms with Crippen LogP contribution in [-0.2, 0) is 4.74 Å². The Morgan fingerprint density at radius 3 is 3.00 bits per heavy atom. The molecule has 0 saturated heterocycles. The Hall–Kier alpha value is -2.44. The van der Waals surface area contributed by atoms with E-state index in [1.165, 1.54) is 23.0 Å². The van der Waals surface area contributed by atoms with Crippen LogP contribution in [-0.4, -0.2) is 32.3 Å². The first-order valence-electron chi connectivity index (χ1n) is 5.41. The number of aromatic amines is 1. The van der Waals surface area contributed by atoms with Gasteiger partial charge in [-0.3, -0.25) is 9.78 Å². The molecule has 0 fully saturated rings. The zero-order valence-electron chi connectivity index (χ0n) is 10.0. The molecule has 94 valence electrons. The fraction of sp³-hybridized carbons (Fsp3) is 0.273. The van der Waals surface area contributed by atoms with Crippen molar-refractivity contribution in [3.63, 3.8) is 0 Å². The molecular formula is C11H12N4O3. The quantitative estimate of drug-likeness (QED) is 0.796. The molecule has 0 saturated carbocycles. The number of ether oxygens (including phenoxy) is 1. The van der Waals surface area contributed by atoms with Crippen LogP contribution < -0.4 is 5.56 Å². The predicted molar refractivity (Wildman–Crippen MR) is 62.7 cm³/mol. The van der Waals surface area contributed by atoms with Gasteiger partial charge in [0.1, 0.15) is 0 Å². The highest BCUT2D eigenvalue weighted by molar-refractivity contribution is 5.87. The van der Waals surface area contributed by atoms with Gasteiger partial charge in [0.05, 0.1) is 6.61 Å². The van der Waals surface area contributed by atoms with Gasteiger partial charge < -0.3 is 4.74 Å². The molecule has 18 heavy (non-hydrogen) atoms. The lowest BCUT2D eigenvalue weighted by Gasteiger charge is -2.00. The maximum absolute atomic E-state index is 11.4. The van der Waals surface area contributed by atoms with E-state index in [0.717, 1.165) is 0 Å². The van der Waals surface area contributed by atoms with E-state index in [4.69, 9.17) is 4.74 Å². The van der Waals surface area contributed by atoms with Crippen molar-refractivity contribution in [1.82, 2.24) is 19.7 Å². The van der Waals surface area contributed by atoms with Crippen LogP contribution in [0.25, 0.3) is 5.95 Å². The molecule has 0 aliphatic rings. The van der Waals surface area contributed by atoms with Crippen molar-refractivity contribution in [1.29, 1.82) is 0 Å². The second-order valence-corrected chi connectivity index (χ2v) is 3.58. The summed E-state index contributed by atoms with van der Waals surface area (Å²) in [6, 6.07) is 2.87. The fourth-order valence-corrected chi connectivity index (χ4v) is 1.43. The molecule has 2 aromatic heterocycles. The first kappa shape index (κ1) is 12.0. The van der Waals surface area contributed by atoms with Gasteiger partial charge in [0.25, 0.3) is 5.56 Å². The topological polar surface area (TPSA) is 89.9 Å². The summed E-state index contributed by atoms with van der Waals surface area (Å²) in [4.78, 5) is 29.4. The average molecular weight is 248 g/mol. The summed E-state index contributed by atoms with van der Waals surface area (Å²) < 4.78 is 6.14. The molecule has 0 radical (unpaired) electrons. The number of hydrogen-bond acceptors (Lipinski definition) is 5. The van der Waals surface area contributed by atoms with Gasteiger partial charge in [-0.25, -0.2) is 14.5 Å². The van der Waals surface area contributed by atoms with Crippen LogP contribution in [0.5, 0.6) is 0 Å². The van der Waals surface area contributed by atoms with Crippen LogP contribution in [0.1, 0.15) is 23.1 Å². The predicted octanol–water partition coefficient (Wildman–Crippen LogP) is 0.441. The third kappa shape index (κ3) is 2.45. The molecular weight excluding hydrogens is 236 g/mol. The minimum absolute atomic E-state index is 0.168. The van der Waals surface area contributed by atoms with Crippen molar-refractivity contribution in [2.45, 2.75) is 13.8 Å². The van der Waals surface area contributed by atoms with Gasteiger partial charge in [-0.05, 0) is 19.9 Å². The lowest BCUT2D eigenvalue weighted by molar-refractivity contribution is 0.0519. The Bertz CT molecular complexity index is 629. The van der Waals surface area contributed by atoms with Crippen molar-refractivity contribution >= 4 is 5.97 Å². The molecule has 0 aromatic carbocycles. The summed E-state index contributed by atoms with van der Waals surface area (Å²) in [7, 11) is 0. The molecule has 2 rings (SSSR count). The van der Waals surface area contributed by atoms with E-state index in [-0.39, 0.29) is 23.8 Å². The number of esters is 1. The third-order valence-electron chi connectivity index (χ3n) is 2.15. The van der Waals surface area contributed by atoms with Gasteiger partial charge in [-0.15, -0.1) is 0 Å². The van der Waals surface area contributed by atoms with E-state index in [9.17, 15) is 9.59 Å². The third-order valence-corrected chi connectivity index (χ3v) is 2.15. The van der Waals surface area contributed by atoms with Gasteiger partial charge in [-0.2, -0.15) is 5.10 Å².